The number of halogens is 3. The fourth-order valence-electron chi connectivity index (χ4n) is 4.04. The summed E-state index contributed by atoms with van der Waals surface area (Å²) in [5.74, 6) is 0.0860. The number of ether oxygens (including phenoxy) is 1. The first-order chi connectivity index (χ1) is 16.5. The van der Waals surface area contributed by atoms with Crippen molar-refractivity contribution in [3.05, 3.63) is 66.0 Å². The largest absolute Gasteiger partial charge is 0.421 e. The highest BCUT2D eigenvalue weighted by Gasteiger charge is 2.40. The summed E-state index contributed by atoms with van der Waals surface area (Å²) in [6.45, 7) is 3.15. The van der Waals surface area contributed by atoms with Crippen LogP contribution < -0.4 is 15.3 Å². The molecular weight excluding hydrogens is 449 g/mol. The van der Waals surface area contributed by atoms with Crippen LogP contribution >= 0.6 is 0 Å². The Morgan fingerprint density at radius 2 is 1.74 bits per heavy atom. The predicted octanol–water partition coefficient (Wildman–Crippen LogP) is 4.35. The van der Waals surface area contributed by atoms with Gasteiger partial charge in [-0.15, -0.1) is 0 Å². The van der Waals surface area contributed by atoms with Crippen LogP contribution in [0.4, 0.5) is 36.4 Å². The summed E-state index contributed by atoms with van der Waals surface area (Å²) in [5, 5.41) is 4.14. The molecule has 11 heteroatoms. The second-order valence-electron chi connectivity index (χ2n) is 7.93. The third-order valence-electron chi connectivity index (χ3n) is 5.74. The molecule has 0 saturated carbocycles. The minimum Gasteiger partial charge on any atom is -0.378 e. The SMILES string of the molecule is FC(F)(F)c1cnc(Nc2ccc(N3CCOCC3)cn2)nc1N1OCC[C@H]1c1ccccc1. The van der Waals surface area contributed by atoms with Gasteiger partial charge < -0.3 is 15.0 Å². The van der Waals surface area contributed by atoms with Crippen molar-refractivity contribution in [1.82, 2.24) is 15.0 Å². The maximum atomic E-state index is 13.8. The predicted molar refractivity (Wildman–Crippen MR) is 120 cm³/mol. The molecule has 2 fully saturated rings. The first kappa shape index (κ1) is 22.4. The number of morpholine rings is 1. The van der Waals surface area contributed by atoms with Crippen molar-refractivity contribution in [3.8, 4) is 0 Å². The van der Waals surface area contributed by atoms with E-state index in [0.717, 1.165) is 30.5 Å². The summed E-state index contributed by atoms with van der Waals surface area (Å²) in [6.07, 6.45) is -1.62. The molecule has 4 heterocycles. The zero-order valence-electron chi connectivity index (χ0n) is 18.2. The molecule has 5 rings (SSSR count). The summed E-state index contributed by atoms with van der Waals surface area (Å²) in [4.78, 5) is 20.2. The van der Waals surface area contributed by atoms with E-state index in [-0.39, 0.29) is 18.4 Å². The number of nitrogens with zero attached hydrogens (tertiary/aromatic N) is 5. The van der Waals surface area contributed by atoms with Gasteiger partial charge in [0.15, 0.2) is 5.82 Å². The Morgan fingerprint density at radius 3 is 2.44 bits per heavy atom. The van der Waals surface area contributed by atoms with Crippen LogP contribution in [0, 0.1) is 0 Å². The summed E-state index contributed by atoms with van der Waals surface area (Å²) in [7, 11) is 0. The van der Waals surface area contributed by atoms with Gasteiger partial charge in [0.05, 0.1) is 37.7 Å². The Labute approximate surface area is 194 Å². The fraction of sp³-hybridized carbons (Fsp3) is 0.348. The van der Waals surface area contributed by atoms with E-state index < -0.39 is 17.8 Å². The van der Waals surface area contributed by atoms with E-state index in [9.17, 15) is 13.2 Å². The molecule has 2 aliphatic heterocycles. The van der Waals surface area contributed by atoms with Crippen LogP contribution in [-0.2, 0) is 15.8 Å². The first-order valence-electron chi connectivity index (χ1n) is 11.0. The van der Waals surface area contributed by atoms with E-state index in [1.54, 1.807) is 12.3 Å². The Kier molecular flexibility index (Phi) is 6.20. The smallest absolute Gasteiger partial charge is 0.378 e. The monoisotopic (exact) mass is 472 g/mol. The van der Waals surface area contributed by atoms with Gasteiger partial charge in [-0.05, 0) is 17.7 Å². The number of pyridine rings is 1. The molecule has 0 spiro atoms. The number of aromatic nitrogens is 3. The van der Waals surface area contributed by atoms with Gasteiger partial charge in [-0.1, -0.05) is 30.3 Å². The quantitative estimate of drug-likeness (QED) is 0.588. The molecule has 1 aromatic carbocycles. The third kappa shape index (κ3) is 4.75. The minimum absolute atomic E-state index is 0.00284. The van der Waals surface area contributed by atoms with Crippen molar-refractivity contribution in [1.29, 1.82) is 0 Å². The topological polar surface area (TPSA) is 75.6 Å². The standard InChI is InChI=1S/C23H23F3N6O2/c24-23(25,26)18-15-28-22(29-20-7-6-17(14-27-20)31-9-12-33-13-10-31)30-21(18)32-19(8-11-34-32)16-4-2-1-3-5-16/h1-7,14-15,19H,8-13H2,(H,27,28,29,30)/t19-/m0/s1. The zero-order valence-corrected chi connectivity index (χ0v) is 18.2. The van der Waals surface area contributed by atoms with Crippen LogP contribution in [0.2, 0.25) is 0 Å². The fourth-order valence-corrected chi connectivity index (χ4v) is 4.04. The molecule has 2 aliphatic rings. The number of nitrogens with one attached hydrogen (secondary N) is 1. The Balaban J connectivity index is 1.41. The molecule has 2 aromatic heterocycles. The maximum absolute atomic E-state index is 13.8. The number of rotatable bonds is 5. The van der Waals surface area contributed by atoms with Gasteiger partial charge in [0, 0.05) is 25.7 Å². The summed E-state index contributed by atoms with van der Waals surface area (Å²) in [6, 6.07) is 12.5. The van der Waals surface area contributed by atoms with Gasteiger partial charge in [0.1, 0.15) is 11.4 Å². The van der Waals surface area contributed by atoms with E-state index in [1.807, 2.05) is 36.4 Å². The van der Waals surface area contributed by atoms with Crippen molar-refractivity contribution in [2.24, 2.45) is 0 Å². The molecule has 0 unspecified atom stereocenters. The van der Waals surface area contributed by atoms with E-state index in [0.29, 0.717) is 25.5 Å². The minimum atomic E-state index is -4.64. The number of alkyl halides is 3. The first-order valence-corrected chi connectivity index (χ1v) is 11.0. The van der Waals surface area contributed by atoms with Crippen LogP contribution in [0.5, 0.6) is 0 Å². The van der Waals surface area contributed by atoms with E-state index >= 15 is 0 Å². The average molecular weight is 472 g/mol. The Bertz CT molecular complexity index is 1110. The highest BCUT2D eigenvalue weighted by molar-refractivity contribution is 5.57. The van der Waals surface area contributed by atoms with Gasteiger partial charge in [-0.3, -0.25) is 4.84 Å². The molecule has 3 aromatic rings. The summed E-state index contributed by atoms with van der Waals surface area (Å²) < 4.78 is 46.8. The highest BCUT2D eigenvalue weighted by Crippen LogP contribution is 2.41. The third-order valence-corrected chi connectivity index (χ3v) is 5.74. The average Bonchev–Trinajstić information content (AvgIpc) is 3.35. The second-order valence-corrected chi connectivity index (χ2v) is 7.93. The van der Waals surface area contributed by atoms with Gasteiger partial charge in [0.2, 0.25) is 5.95 Å². The summed E-state index contributed by atoms with van der Waals surface area (Å²) >= 11 is 0. The number of anilines is 4. The molecule has 1 N–H and O–H groups in total. The number of hydrogen-bond donors (Lipinski definition) is 1. The lowest BCUT2D eigenvalue weighted by atomic mass is 10.0. The molecule has 0 amide bonds. The molecule has 0 bridgehead atoms. The van der Waals surface area contributed by atoms with Crippen LogP contribution in [0.3, 0.4) is 0 Å². The number of hydrogen-bond acceptors (Lipinski definition) is 8. The van der Waals surface area contributed by atoms with Gasteiger partial charge in [-0.2, -0.15) is 18.2 Å². The molecule has 178 valence electrons. The lowest BCUT2D eigenvalue weighted by molar-refractivity contribution is -0.138. The summed E-state index contributed by atoms with van der Waals surface area (Å²) in [5.41, 5.74) is 0.831. The van der Waals surface area contributed by atoms with Crippen LogP contribution in [0.25, 0.3) is 0 Å². The van der Waals surface area contributed by atoms with Crippen molar-refractivity contribution >= 4 is 23.3 Å². The molecule has 34 heavy (non-hydrogen) atoms. The number of hydroxylamine groups is 1. The van der Waals surface area contributed by atoms with Gasteiger partial charge >= 0.3 is 6.18 Å². The lowest BCUT2D eigenvalue weighted by Crippen LogP contribution is -2.36. The van der Waals surface area contributed by atoms with Gasteiger partial charge in [-0.25, -0.2) is 15.0 Å². The molecule has 0 radical (unpaired) electrons. The van der Waals surface area contributed by atoms with E-state index in [4.69, 9.17) is 9.57 Å². The van der Waals surface area contributed by atoms with Crippen LogP contribution in [0.15, 0.2) is 54.9 Å². The van der Waals surface area contributed by atoms with E-state index in [2.05, 4.69) is 25.2 Å². The normalized spacial score (nSPS) is 18.9. The number of benzene rings is 1. The maximum Gasteiger partial charge on any atom is 0.421 e. The Morgan fingerprint density at radius 1 is 0.941 bits per heavy atom. The zero-order chi connectivity index (χ0) is 23.5. The molecule has 8 nitrogen and oxygen atoms in total. The highest BCUT2D eigenvalue weighted by atomic mass is 19.4. The molecule has 1 atom stereocenters. The van der Waals surface area contributed by atoms with Crippen molar-refractivity contribution in [3.63, 3.8) is 0 Å². The molecule has 2 saturated heterocycles. The van der Waals surface area contributed by atoms with Crippen molar-refractivity contribution in [2.75, 3.05) is 48.2 Å². The van der Waals surface area contributed by atoms with Crippen LogP contribution in [-0.4, -0.2) is 47.9 Å². The van der Waals surface area contributed by atoms with Crippen molar-refractivity contribution < 1.29 is 22.7 Å². The van der Waals surface area contributed by atoms with Crippen molar-refractivity contribution in [2.45, 2.75) is 18.6 Å². The molecular formula is C23H23F3N6O2. The van der Waals surface area contributed by atoms with Crippen LogP contribution in [0.1, 0.15) is 23.6 Å². The second kappa shape index (κ2) is 9.43. The lowest BCUT2D eigenvalue weighted by Gasteiger charge is -2.28. The van der Waals surface area contributed by atoms with E-state index in [1.165, 1.54) is 5.06 Å². The van der Waals surface area contributed by atoms with Gasteiger partial charge in [0.25, 0.3) is 0 Å². The molecule has 0 aliphatic carbocycles. The Hall–Kier alpha value is -3.44.